The third-order valence-corrected chi connectivity index (χ3v) is 4.25. The summed E-state index contributed by atoms with van der Waals surface area (Å²) in [6.45, 7) is 10.4. The monoisotopic (exact) mass is 269 g/mol. The van der Waals surface area contributed by atoms with Crippen molar-refractivity contribution in [3.63, 3.8) is 0 Å². The van der Waals surface area contributed by atoms with Gasteiger partial charge in [-0.25, -0.2) is 0 Å². The van der Waals surface area contributed by atoms with Crippen molar-refractivity contribution in [1.82, 2.24) is 5.32 Å². The molecule has 2 unspecified atom stereocenters. The number of hydrogen-bond donors (Lipinski definition) is 1. The van der Waals surface area contributed by atoms with E-state index >= 15 is 0 Å². The Morgan fingerprint density at radius 1 is 0.737 bits per heavy atom. The Hall–Kier alpha value is -0.0400. The van der Waals surface area contributed by atoms with Crippen LogP contribution >= 0.6 is 0 Å². The summed E-state index contributed by atoms with van der Waals surface area (Å²) in [7, 11) is 0. The second-order valence-electron chi connectivity index (χ2n) is 6.15. The van der Waals surface area contributed by atoms with Crippen molar-refractivity contribution in [1.29, 1.82) is 0 Å². The molecule has 19 heavy (non-hydrogen) atoms. The van der Waals surface area contributed by atoms with Crippen molar-refractivity contribution in [3.8, 4) is 0 Å². The van der Waals surface area contributed by atoms with Crippen LogP contribution in [0.3, 0.4) is 0 Å². The molecule has 0 aromatic heterocycles. The molecule has 0 bridgehead atoms. The lowest BCUT2D eigenvalue weighted by Gasteiger charge is -2.24. The molecular weight excluding hydrogens is 230 g/mol. The van der Waals surface area contributed by atoms with E-state index < -0.39 is 0 Å². The zero-order chi connectivity index (χ0) is 14.3. The van der Waals surface area contributed by atoms with Gasteiger partial charge in [0.25, 0.3) is 0 Å². The van der Waals surface area contributed by atoms with Crippen LogP contribution in [-0.4, -0.2) is 12.6 Å². The van der Waals surface area contributed by atoms with E-state index in [1.165, 1.54) is 77.2 Å². The van der Waals surface area contributed by atoms with Gasteiger partial charge in [-0.15, -0.1) is 0 Å². The standard InChI is InChI=1S/C18H39N/c1-5-9-11-12-14-18(19-15-7-3)16-17(8-4)13-10-6-2/h17-19H,5-16H2,1-4H3. The Morgan fingerprint density at radius 2 is 1.47 bits per heavy atom. The molecule has 0 saturated heterocycles. The fourth-order valence-electron chi connectivity index (χ4n) is 2.85. The minimum Gasteiger partial charge on any atom is -0.314 e. The average Bonchev–Trinajstić information content (AvgIpc) is 2.44. The number of hydrogen-bond acceptors (Lipinski definition) is 1. The van der Waals surface area contributed by atoms with E-state index in [4.69, 9.17) is 0 Å². The molecule has 1 N–H and O–H groups in total. The average molecular weight is 270 g/mol. The maximum atomic E-state index is 3.79. The zero-order valence-electron chi connectivity index (χ0n) is 14.1. The minimum absolute atomic E-state index is 0.776. The van der Waals surface area contributed by atoms with Crippen LogP contribution in [0.5, 0.6) is 0 Å². The smallest absolute Gasteiger partial charge is 0.00696 e. The van der Waals surface area contributed by atoms with Gasteiger partial charge in [0.2, 0.25) is 0 Å². The van der Waals surface area contributed by atoms with E-state index in [-0.39, 0.29) is 0 Å². The molecule has 0 aliphatic heterocycles. The summed E-state index contributed by atoms with van der Waals surface area (Å²) in [6, 6.07) is 0.776. The number of unbranched alkanes of at least 4 members (excludes halogenated alkanes) is 4. The molecule has 0 aromatic rings. The maximum absolute atomic E-state index is 3.79. The minimum atomic E-state index is 0.776. The summed E-state index contributed by atoms with van der Waals surface area (Å²) in [5, 5.41) is 3.79. The predicted molar refractivity (Wildman–Crippen MR) is 88.8 cm³/mol. The van der Waals surface area contributed by atoms with Gasteiger partial charge in [0.1, 0.15) is 0 Å². The lowest BCUT2D eigenvalue weighted by molar-refractivity contribution is 0.331. The molecule has 1 heteroatoms. The Bertz CT molecular complexity index is 167. The van der Waals surface area contributed by atoms with Crippen molar-refractivity contribution in [3.05, 3.63) is 0 Å². The quantitative estimate of drug-likeness (QED) is 0.385. The highest BCUT2D eigenvalue weighted by atomic mass is 14.9. The second kappa shape index (κ2) is 14.4. The normalized spacial score (nSPS) is 14.5. The fourth-order valence-corrected chi connectivity index (χ4v) is 2.85. The summed E-state index contributed by atoms with van der Waals surface area (Å²) in [5.41, 5.74) is 0. The Labute approximate surface area is 122 Å². The van der Waals surface area contributed by atoms with Gasteiger partial charge < -0.3 is 5.32 Å². The molecule has 0 aromatic carbocycles. The van der Waals surface area contributed by atoms with E-state index in [0.29, 0.717) is 0 Å². The van der Waals surface area contributed by atoms with Crippen LogP contribution in [0, 0.1) is 5.92 Å². The van der Waals surface area contributed by atoms with Crippen molar-refractivity contribution < 1.29 is 0 Å². The first-order valence-electron chi connectivity index (χ1n) is 9.01. The van der Waals surface area contributed by atoms with Gasteiger partial charge in [0.05, 0.1) is 0 Å². The predicted octanol–water partition coefficient (Wildman–Crippen LogP) is 5.93. The second-order valence-corrected chi connectivity index (χ2v) is 6.15. The van der Waals surface area contributed by atoms with Crippen molar-refractivity contribution in [2.24, 2.45) is 5.92 Å². The highest BCUT2D eigenvalue weighted by Crippen LogP contribution is 2.21. The van der Waals surface area contributed by atoms with Gasteiger partial charge in [-0.05, 0) is 31.7 Å². The first-order chi connectivity index (χ1) is 9.28. The van der Waals surface area contributed by atoms with E-state index in [1.807, 2.05) is 0 Å². The molecule has 0 amide bonds. The molecule has 0 spiro atoms. The number of nitrogens with one attached hydrogen (secondary N) is 1. The fraction of sp³-hybridized carbons (Fsp3) is 1.00. The lowest BCUT2D eigenvalue weighted by atomic mass is 9.90. The van der Waals surface area contributed by atoms with Crippen LogP contribution in [0.15, 0.2) is 0 Å². The highest BCUT2D eigenvalue weighted by molar-refractivity contribution is 4.72. The van der Waals surface area contributed by atoms with E-state index in [0.717, 1.165) is 12.0 Å². The number of rotatable bonds is 14. The maximum Gasteiger partial charge on any atom is 0.00696 e. The van der Waals surface area contributed by atoms with Crippen molar-refractivity contribution >= 4 is 0 Å². The first-order valence-corrected chi connectivity index (χ1v) is 9.01. The molecule has 0 radical (unpaired) electrons. The van der Waals surface area contributed by atoms with Gasteiger partial charge in [-0.2, -0.15) is 0 Å². The van der Waals surface area contributed by atoms with Crippen LogP contribution in [0.2, 0.25) is 0 Å². The van der Waals surface area contributed by atoms with Crippen molar-refractivity contribution in [2.75, 3.05) is 6.54 Å². The van der Waals surface area contributed by atoms with Gasteiger partial charge in [0.15, 0.2) is 0 Å². The van der Waals surface area contributed by atoms with Crippen molar-refractivity contribution in [2.45, 2.75) is 104 Å². The molecule has 116 valence electrons. The van der Waals surface area contributed by atoms with Crippen LogP contribution in [0.25, 0.3) is 0 Å². The molecule has 0 heterocycles. The topological polar surface area (TPSA) is 12.0 Å². The van der Waals surface area contributed by atoms with Gasteiger partial charge in [-0.3, -0.25) is 0 Å². The van der Waals surface area contributed by atoms with E-state index in [1.54, 1.807) is 0 Å². The van der Waals surface area contributed by atoms with Crippen LogP contribution < -0.4 is 5.32 Å². The Balaban J connectivity index is 3.99. The van der Waals surface area contributed by atoms with Crippen LogP contribution in [0.1, 0.15) is 98.3 Å². The summed E-state index contributed by atoms with van der Waals surface area (Å²) < 4.78 is 0. The molecular formula is C18H39N. The summed E-state index contributed by atoms with van der Waals surface area (Å²) >= 11 is 0. The largest absolute Gasteiger partial charge is 0.314 e. The molecule has 0 aliphatic rings. The molecule has 1 nitrogen and oxygen atoms in total. The first kappa shape index (κ1) is 19.0. The van der Waals surface area contributed by atoms with Crippen LogP contribution in [-0.2, 0) is 0 Å². The summed E-state index contributed by atoms with van der Waals surface area (Å²) in [6.07, 6.45) is 15.2. The van der Waals surface area contributed by atoms with Gasteiger partial charge in [-0.1, -0.05) is 79.1 Å². The third-order valence-electron chi connectivity index (χ3n) is 4.25. The molecule has 0 rings (SSSR count). The molecule has 0 fully saturated rings. The SMILES string of the molecule is CCCCCCC(CC(CC)CCCC)NCCC. The van der Waals surface area contributed by atoms with E-state index in [2.05, 4.69) is 33.0 Å². The third kappa shape index (κ3) is 11.5. The Morgan fingerprint density at radius 3 is 2.05 bits per heavy atom. The van der Waals surface area contributed by atoms with Gasteiger partial charge in [0, 0.05) is 6.04 Å². The van der Waals surface area contributed by atoms with Crippen LogP contribution in [0.4, 0.5) is 0 Å². The molecule has 0 aliphatic carbocycles. The highest BCUT2D eigenvalue weighted by Gasteiger charge is 2.14. The van der Waals surface area contributed by atoms with E-state index in [9.17, 15) is 0 Å². The summed E-state index contributed by atoms with van der Waals surface area (Å²) in [4.78, 5) is 0. The van der Waals surface area contributed by atoms with Gasteiger partial charge >= 0.3 is 0 Å². The summed E-state index contributed by atoms with van der Waals surface area (Å²) in [5.74, 6) is 0.945. The molecule has 2 atom stereocenters. The zero-order valence-corrected chi connectivity index (χ0v) is 14.1. The molecule has 0 saturated carbocycles. The Kier molecular flexibility index (Phi) is 14.3. The lowest BCUT2D eigenvalue weighted by Crippen LogP contribution is -2.31.